The van der Waals surface area contributed by atoms with Gasteiger partial charge in [0.15, 0.2) is 0 Å². The fraction of sp³-hybridized carbons (Fsp3) is 0.400. The zero-order valence-electron chi connectivity index (χ0n) is 15.8. The number of carbonyl (C=O) groups is 1. The summed E-state index contributed by atoms with van der Waals surface area (Å²) in [6, 6.07) is 0. The first kappa shape index (κ1) is 24.0. The van der Waals surface area contributed by atoms with Crippen molar-refractivity contribution in [2.75, 3.05) is 0 Å². The first-order chi connectivity index (χ1) is 11.5. The molecule has 0 saturated heterocycles. The lowest BCUT2D eigenvalue weighted by molar-refractivity contribution is -0.114. The molecule has 0 aromatic carbocycles. The van der Waals surface area contributed by atoms with Crippen LogP contribution in [0.3, 0.4) is 0 Å². The van der Waals surface area contributed by atoms with E-state index in [1.807, 2.05) is 52.8 Å². The lowest BCUT2D eigenvalue weighted by Gasteiger charge is -1.97. The van der Waals surface area contributed by atoms with Crippen LogP contribution in [0.25, 0.3) is 0 Å². The van der Waals surface area contributed by atoms with Gasteiger partial charge >= 0.3 is 0 Å². The summed E-state index contributed by atoms with van der Waals surface area (Å²) in [5.74, 6) is -0.380. The van der Waals surface area contributed by atoms with E-state index in [0.717, 1.165) is 12.0 Å². The first-order valence-electron chi connectivity index (χ1n) is 8.32. The van der Waals surface area contributed by atoms with Gasteiger partial charge < -0.3 is 5.32 Å². The minimum absolute atomic E-state index is 0.0775. The summed E-state index contributed by atoms with van der Waals surface area (Å²) in [4.78, 5) is 15.7. The van der Waals surface area contributed by atoms with E-state index >= 15 is 0 Å². The fourth-order valence-corrected chi connectivity index (χ4v) is 1.56. The smallest absolute Gasteiger partial charge is 0.271 e. The lowest BCUT2D eigenvalue weighted by atomic mass is 10.1. The number of halogens is 1. The number of aliphatic imine (C=N–C) groups is 1. The molecule has 1 aliphatic rings. The van der Waals surface area contributed by atoms with Gasteiger partial charge in [-0.25, -0.2) is 4.39 Å². The van der Waals surface area contributed by atoms with Crippen molar-refractivity contribution in [3.63, 3.8) is 0 Å². The molecule has 1 amide bonds. The van der Waals surface area contributed by atoms with Gasteiger partial charge in [0.1, 0.15) is 17.7 Å². The topological polar surface area (TPSA) is 41.5 Å². The maximum atomic E-state index is 12.0. The van der Waals surface area contributed by atoms with E-state index < -0.39 is 0 Å². The van der Waals surface area contributed by atoms with Crippen LogP contribution in [0.4, 0.5) is 4.39 Å². The van der Waals surface area contributed by atoms with Crippen molar-refractivity contribution in [1.82, 2.24) is 5.32 Å². The van der Waals surface area contributed by atoms with Gasteiger partial charge in [0.25, 0.3) is 5.91 Å². The van der Waals surface area contributed by atoms with Crippen LogP contribution in [-0.2, 0) is 4.79 Å². The van der Waals surface area contributed by atoms with E-state index in [-0.39, 0.29) is 17.9 Å². The Hall–Kier alpha value is -2.23. The Morgan fingerprint density at radius 1 is 1.38 bits per heavy atom. The van der Waals surface area contributed by atoms with Crippen molar-refractivity contribution < 1.29 is 9.18 Å². The molecule has 4 heteroatoms. The normalized spacial score (nSPS) is 17.7. The molecule has 0 bridgehead atoms. The van der Waals surface area contributed by atoms with Crippen molar-refractivity contribution in [1.29, 1.82) is 0 Å². The Morgan fingerprint density at radius 3 is 2.38 bits per heavy atom. The summed E-state index contributed by atoms with van der Waals surface area (Å²) >= 11 is 0. The fourth-order valence-electron chi connectivity index (χ4n) is 1.56. The van der Waals surface area contributed by atoms with Gasteiger partial charge in [-0.05, 0) is 39.3 Å². The molecular weight excluding hydrogens is 303 g/mol. The summed E-state index contributed by atoms with van der Waals surface area (Å²) in [6.07, 6.45) is 12.6. The Kier molecular flexibility index (Phi) is 15.7. The van der Waals surface area contributed by atoms with Gasteiger partial charge in [-0.2, -0.15) is 0 Å². The molecule has 134 valence electrons. The summed E-state index contributed by atoms with van der Waals surface area (Å²) in [6.45, 7) is 14.9. The minimum Gasteiger partial charge on any atom is -0.329 e. The number of nitrogens with one attached hydrogen (secondary N) is 1. The van der Waals surface area contributed by atoms with Crippen molar-refractivity contribution >= 4 is 11.6 Å². The van der Waals surface area contributed by atoms with Gasteiger partial charge in [-0.1, -0.05) is 57.7 Å². The maximum absolute atomic E-state index is 12.0. The Bertz CT molecular complexity index is 526. The van der Waals surface area contributed by atoms with Crippen LogP contribution < -0.4 is 5.32 Å². The Morgan fingerprint density at radius 2 is 2.00 bits per heavy atom. The summed E-state index contributed by atoms with van der Waals surface area (Å²) in [5.41, 5.74) is 1.44. The lowest BCUT2D eigenvalue weighted by Crippen LogP contribution is -2.27. The van der Waals surface area contributed by atoms with Crippen molar-refractivity contribution in [3.05, 3.63) is 60.5 Å². The average Bonchev–Trinajstić information content (AvgIpc) is 2.94. The molecule has 1 atom stereocenters. The third kappa shape index (κ3) is 10.5. The highest BCUT2D eigenvalue weighted by atomic mass is 19.1. The summed E-state index contributed by atoms with van der Waals surface area (Å²) < 4.78 is 12.0. The molecule has 0 fully saturated rings. The molecule has 3 nitrogen and oxygen atoms in total. The molecule has 0 unspecified atom stereocenters. The number of nitrogens with zero attached hydrogens (tertiary/aromatic N) is 1. The van der Waals surface area contributed by atoms with E-state index in [9.17, 15) is 9.18 Å². The molecule has 0 radical (unpaired) electrons. The zero-order valence-corrected chi connectivity index (χ0v) is 15.8. The van der Waals surface area contributed by atoms with Gasteiger partial charge in [-0.3, -0.25) is 9.79 Å². The molecule has 1 heterocycles. The second-order valence-electron chi connectivity index (χ2n) is 4.46. The molecule has 0 aromatic rings. The van der Waals surface area contributed by atoms with Crippen molar-refractivity contribution in [3.8, 4) is 0 Å². The van der Waals surface area contributed by atoms with Gasteiger partial charge in [0.05, 0.1) is 0 Å². The highest BCUT2D eigenvalue weighted by molar-refractivity contribution is 6.47. The average molecular weight is 334 g/mol. The Labute approximate surface area is 146 Å². The molecule has 0 spiro atoms. The second kappa shape index (κ2) is 15.7. The van der Waals surface area contributed by atoms with E-state index in [1.54, 1.807) is 12.2 Å². The molecule has 0 aromatic heterocycles. The van der Waals surface area contributed by atoms with E-state index in [1.165, 1.54) is 12.2 Å². The van der Waals surface area contributed by atoms with Crippen LogP contribution in [0.1, 0.15) is 48.0 Å². The third-order valence-electron chi connectivity index (χ3n) is 2.64. The third-order valence-corrected chi connectivity index (χ3v) is 2.64. The predicted octanol–water partition coefficient (Wildman–Crippen LogP) is 5.44. The Balaban J connectivity index is 0. The zero-order chi connectivity index (χ0) is 19.0. The second-order valence-corrected chi connectivity index (χ2v) is 4.46. The number of carbonyl (C=O) groups excluding carboxylic acids is 1. The summed E-state index contributed by atoms with van der Waals surface area (Å²) in [5, 5.41) is 2.74. The van der Waals surface area contributed by atoms with Crippen LogP contribution in [0, 0.1) is 0 Å². The number of hydrogen-bond acceptors (Lipinski definition) is 2. The van der Waals surface area contributed by atoms with Crippen LogP contribution in [0.5, 0.6) is 0 Å². The van der Waals surface area contributed by atoms with Crippen LogP contribution in [0.2, 0.25) is 0 Å². The van der Waals surface area contributed by atoms with Gasteiger partial charge in [0.2, 0.25) is 0 Å². The van der Waals surface area contributed by atoms with Crippen LogP contribution in [0.15, 0.2) is 65.5 Å². The van der Waals surface area contributed by atoms with Crippen LogP contribution in [-0.4, -0.2) is 17.8 Å². The molecule has 0 aliphatic carbocycles. The van der Waals surface area contributed by atoms with Crippen molar-refractivity contribution in [2.45, 2.75) is 54.1 Å². The number of amides is 1. The number of rotatable bonds is 5. The SMILES string of the molecule is C/C=C(\C=C/CC)C1=N[C@@H](C)NC1=O.C=C/C(F)=C\C=C/C.CC. The van der Waals surface area contributed by atoms with Gasteiger partial charge in [0, 0.05) is 5.57 Å². The van der Waals surface area contributed by atoms with Crippen LogP contribution >= 0.6 is 0 Å². The van der Waals surface area contributed by atoms with Crippen molar-refractivity contribution in [2.24, 2.45) is 4.99 Å². The van der Waals surface area contributed by atoms with Gasteiger partial charge in [-0.15, -0.1) is 0 Å². The maximum Gasteiger partial charge on any atom is 0.271 e. The number of hydrogen-bond donors (Lipinski definition) is 1. The molecule has 1 rings (SSSR count). The quantitative estimate of drug-likeness (QED) is 0.668. The molecule has 1 aliphatic heterocycles. The first-order valence-corrected chi connectivity index (χ1v) is 8.32. The number of allylic oxidation sites excluding steroid dienone is 8. The van der Waals surface area contributed by atoms with E-state index in [4.69, 9.17) is 0 Å². The molecule has 1 N–H and O–H groups in total. The highest BCUT2D eigenvalue weighted by Gasteiger charge is 2.22. The highest BCUT2D eigenvalue weighted by Crippen LogP contribution is 2.08. The molecule has 0 saturated carbocycles. The largest absolute Gasteiger partial charge is 0.329 e. The molecule has 24 heavy (non-hydrogen) atoms. The minimum atomic E-state index is -0.303. The predicted molar refractivity (Wildman–Crippen MR) is 104 cm³/mol. The van der Waals surface area contributed by atoms with E-state index in [0.29, 0.717) is 5.71 Å². The monoisotopic (exact) mass is 334 g/mol. The standard InChI is InChI=1S/C11H16N2O.C7H9F.C2H6/c1-4-6-7-9(5-2)10-11(14)13-8(3)12-10;1-3-5-6-7(8)4-2;1-2/h5-8H,4H2,1-3H3,(H,13,14);3-6H,2H2,1H3;1-2H3/b7-6-,9-5+;5-3-,7-6+;/t8-;;/m1../s1. The van der Waals surface area contributed by atoms with E-state index in [2.05, 4.69) is 23.8 Å². The molecular formula is C20H31FN2O. The summed E-state index contributed by atoms with van der Waals surface area (Å²) in [7, 11) is 0.